The second kappa shape index (κ2) is 4.89. The first-order valence-corrected chi connectivity index (χ1v) is 6.60. The van der Waals surface area contributed by atoms with Crippen molar-refractivity contribution in [3.8, 4) is 0 Å². The number of nitrogens with two attached hydrogens (primary N) is 1. The molecule has 2 N–H and O–H groups in total. The third-order valence-electron chi connectivity index (χ3n) is 3.47. The van der Waals surface area contributed by atoms with Gasteiger partial charge in [-0.25, -0.2) is 0 Å². The molecule has 0 saturated heterocycles. The smallest absolute Gasteiger partial charge is 0.0217 e. The van der Waals surface area contributed by atoms with E-state index in [2.05, 4.69) is 71.6 Å². The summed E-state index contributed by atoms with van der Waals surface area (Å²) in [6, 6.07) is 0. The molecule has 1 aliphatic rings. The van der Waals surface area contributed by atoms with Crippen LogP contribution in [0.15, 0.2) is 48.6 Å². The fourth-order valence-electron chi connectivity index (χ4n) is 2.57. The molecule has 0 aromatic carbocycles. The maximum atomic E-state index is 6.16. The van der Waals surface area contributed by atoms with Crippen LogP contribution in [0.25, 0.3) is 0 Å². The second-order valence-corrected chi connectivity index (χ2v) is 6.93. The molecular formula is C17H27N. The minimum absolute atomic E-state index is 0.0490. The van der Waals surface area contributed by atoms with Gasteiger partial charge in [-0.05, 0) is 38.2 Å². The van der Waals surface area contributed by atoms with E-state index in [1.54, 1.807) is 0 Å². The normalized spacial score (nSPS) is 24.7. The predicted octanol–water partition coefficient (Wildman–Crippen LogP) is 4.38. The van der Waals surface area contributed by atoms with Crippen molar-refractivity contribution in [3.63, 3.8) is 0 Å². The fourth-order valence-corrected chi connectivity index (χ4v) is 2.57. The van der Waals surface area contributed by atoms with E-state index in [1.807, 2.05) is 6.08 Å². The van der Waals surface area contributed by atoms with E-state index in [1.165, 1.54) is 5.57 Å². The zero-order chi connectivity index (χ0) is 14.0. The Balaban J connectivity index is 2.99. The highest BCUT2D eigenvalue weighted by Gasteiger charge is 2.29. The molecule has 1 nitrogen and oxygen atoms in total. The Bertz CT molecular complexity index is 402. The van der Waals surface area contributed by atoms with Crippen LogP contribution in [-0.2, 0) is 0 Å². The van der Waals surface area contributed by atoms with Crippen LogP contribution < -0.4 is 5.73 Å². The predicted molar refractivity (Wildman–Crippen MR) is 81.3 cm³/mol. The first kappa shape index (κ1) is 15.0. The second-order valence-electron chi connectivity index (χ2n) is 6.93. The van der Waals surface area contributed by atoms with Crippen molar-refractivity contribution in [1.82, 2.24) is 0 Å². The molecule has 0 saturated carbocycles. The standard InChI is InChI=1S/C17H27N/c1-7-17(6)11-8-9-14(10-12-17)15(2,3)13-16(4,5)18/h7-12H,1,13,18H2,2-6H3. The molecule has 0 aromatic rings. The Morgan fingerprint density at radius 3 is 2.39 bits per heavy atom. The summed E-state index contributed by atoms with van der Waals surface area (Å²) in [6.07, 6.45) is 13.8. The van der Waals surface area contributed by atoms with Crippen molar-refractivity contribution in [3.05, 3.63) is 48.6 Å². The van der Waals surface area contributed by atoms with Gasteiger partial charge in [0.1, 0.15) is 0 Å². The van der Waals surface area contributed by atoms with Crippen LogP contribution in [0, 0.1) is 10.8 Å². The van der Waals surface area contributed by atoms with Gasteiger partial charge in [0.25, 0.3) is 0 Å². The van der Waals surface area contributed by atoms with Crippen molar-refractivity contribution in [2.75, 3.05) is 0 Å². The van der Waals surface area contributed by atoms with Crippen LogP contribution in [-0.4, -0.2) is 5.54 Å². The summed E-state index contributed by atoms with van der Waals surface area (Å²) in [7, 11) is 0. The Morgan fingerprint density at radius 2 is 1.89 bits per heavy atom. The Hall–Kier alpha value is -1.08. The number of rotatable bonds is 4. The summed E-state index contributed by atoms with van der Waals surface area (Å²) < 4.78 is 0. The quantitative estimate of drug-likeness (QED) is 0.731. The summed E-state index contributed by atoms with van der Waals surface area (Å²) in [5.74, 6) is 0. The lowest BCUT2D eigenvalue weighted by Crippen LogP contribution is -2.37. The SMILES string of the molecule is C=CC1(C)C=CC=C(C(C)(C)CC(C)(C)N)C=C1. The molecule has 0 fully saturated rings. The van der Waals surface area contributed by atoms with E-state index in [-0.39, 0.29) is 16.4 Å². The molecule has 100 valence electrons. The lowest BCUT2D eigenvalue weighted by atomic mass is 9.74. The van der Waals surface area contributed by atoms with Crippen molar-refractivity contribution < 1.29 is 0 Å². The van der Waals surface area contributed by atoms with Crippen LogP contribution >= 0.6 is 0 Å². The fraction of sp³-hybridized carbons (Fsp3) is 0.529. The third kappa shape index (κ3) is 3.99. The van der Waals surface area contributed by atoms with Gasteiger partial charge in [-0.2, -0.15) is 0 Å². The highest BCUT2D eigenvalue weighted by Crippen LogP contribution is 2.37. The molecule has 1 atom stereocenters. The summed E-state index contributed by atoms with van der Waals surface area (Å²) in [5.41, 5.74) is 7.35. The van der Waals surface area contributed by atoms with E-state index in [0.717, 1.165) is 6.42 Å². The average molecular weight is 245 g/mol. The monoisotopic (exact) mass is 245 g/mol. The maximum Gasteiger partial charge on any atom is 0.0217 e. The number of hydrogen-bond donors (Lipinski definition) is 1. The highest BCUT2D eigenvalue weighted by atomic mass is 14.7. The molecule has 1 unspecified atom stereocenters. The Kier molecular flexibility index (Phi) is 4.07. The van der Waals surface area contributed by atoms with Gasteiger partial charge in [0.05, 0.1) is 0 Å². The molecule has 0 amide bonds. The van der Waals surface area contributed by atoms with Gasteiger partial charge in [-0.1, -0.05) is 50.3 Å². The minimum Gasteiger partial charge on any atom is -0.326 e. The lowest BCUT2D eigenvalue weighted by molar-refractivity contribution is 0.312. The Labute approximate surface area is 112 Å². The van der Waals surface area contributed by atoms with E-state index in [9.17, 15) is 0 Å². The van der Waals surface area contributed by atoms with E-state index in [0.29, 0.717) is 0 Å². The van der Waals surface area contributed by atoms with Crippen LogP contribution in [0.5, 0.6) is 0 Å². The van der Waals surface area contributed by atoms with Crippen LogP contribution in [0.3, 0.4) is 0 Å². The van der Waals surface area contributed by atoms with Crippen molar-refractivity contribution in [1.29, 1.82) is 0 Å². The first-order valence-electron chi connectivity index (χ1n) is 6.60. The molecule has 0 spiro atoms. The van der Waals surface area contributed by atoms with E-state index >= 15 is 0 Å². The van der Waals surface area contributed by atoms with Crippen molar-refractivity contribution in [2.45, 2.75) is 46.6 Å². The van der Waals surface area contributed by atoms with Crippen LogP contribution in [0.1, 0.15) is 41.0 Å². The molecule has 18 heavy (non-hydrogen) atoms. The molecule has 0 heterocycles. The van der Waals surface area contributed by atoms with Crippen LogP contribution in [0.2, 0.25) is 0 Å². The summed E-state index contributed by atoms with van der Waals surface area (Å²) in [4.78, 5) is 0. The lowest BCUT2D eigenvalue weighted by Gasteiger charge is -2.33. The van der Waals surface area contributed by atoms with Crippen molar-refractivity contribution >= 4 is 0 Å². The zero-order valence-corrected chi connectivity index (χ0v) is 12.5. The molecular weight excluding hydrogens is 218 g/mol. The third-order valence-corrected chi connectivity index (χ3v) is 3.47. The molecule has 1 rings (SSSR count). The Morgan fingerprint density at radius 1 is 1.28 bits per heavy atom. The molecule has 0 aliphatic heterocycles. The van der Waals surface area contributed by atoms with Crippen LogP contribution in [0.4, 0.5) is 0 Å². The van der Waals surface area contributed by atoms with Gasteiger partial charge in [0.15, 0.2) is 0 Å². The maximum absolute atomic E-state index is 6.16. The van der Waals surface area contributed by atoms with E-state index < -0.39 is 0 Å². The summed E-state index contributed by atoms with van der Waals surface area (Å²) >= 11 is 0. The average Bonchev–Trinajstić information content (AvgIpc) is 2.38. The van der Waals surface area contributed by atoms with Gasteiger partial charge < -0.3 is 5.73 Å². The zero-order valence-electron chi connectivity index (χ0n) is 12.5. The molecule has 1 heteroatoms. The van der Waals surface area contributed by atoms with E-state index in [4.69, 9.17) is 5.73 Å². The number of hydrogen-bond acceptors (Lipinski definition) is 1. The van der Waals surface area contributed by atoms with Gasteiger partial charge >= 0.3 is 0 Å². The molecule has 0 bridgehead atoms. The summed E-state index contributed by atoms with van der Waals surface area (Å²) in [6.45, 7) is 14.7. The summed E-state index contributed by atoms with van der Waals surface area (Å²) in [5, 5.41) is 0. The minimum atomic E-state index is -0.157. The van der Waals surface area contributed by atoms with Gasteiger partial charge in [0, 0.05) is 11.0 Å². The molecule has 0 radical (unpaired) electrons. The van der Waals surface area contributed by atoms with Crippen molar-refractivity contribution in [2.24, 2.45) is 16.6 Å². The number of allylic oxidation sites excluding steroid dienone is 7. The largest absolute Gasteiger partial charge is 0.326 e. The topological polar surface area (TPSA) is 26.0 Å². The van der Waals surface area contributed by atoms with Gasteiger partial charge in [-0.15, -0.1) is 6.58 Å². The highest BCUT2D eigenvalue weighted by molar-refractivity contribution is 5.37. The molecule has 1 aliphatic carbocycles. The van der Waals surface area contributed by atoms with Gasteiger partial charge in [0.2, 0.25) is 0 Å². The molecule has 0 aromatic heterocycles. The van der Waals surface area contributed by atoms with Gasteiger partial charge in [-0.3, -0.25) is 0 Å². The first-order chi connectivity index (χ1) is 8.08.